The van der Waals surface area contributed by atoms with Gasteiger partial charge in [-0.05, 0) is 49.2 Å². The Bertz CT molecular complexity index is 596. The molecular formula is C14H13ClN2O. The van der Waals surface area contributed by atoms with Crippen LogP contribution in [0.1, 0.15) is 21.5 Å². The van der Waals surface area contributed by atoms with Gasteiger partial charge in [-0.1, -0.05) is 11.6 Å². The molecule has 0 spiro atoms. The van der Waals surface area contributed by atoms with Crippen molar-refractivity contribution in [1.82, 2.24) is 4.98 Å². The highest BCUT2D eigenvalue weighted by Crippen LogP contribution is 2.20. The lowest BCUT2D eigenvalue weighted by molar-refractivity contribution is 0.102. The molecule has 0 aliphatic rings. The Kier molecular flexibility index (Phi) is 3.63. The third-order valence-electron chi connectivity index (χ3n) is 2.72. The fraction of sp³-hybridized carbons (Fsp3) is 0.143. The van der Waals surface area contributed by atoms with Crippen molar-refractivity contribution in [2.24, 2.45) is 0 Å². The number of amides is 1. The number of carbonyl (C=O) groups excluding carboxylic acids is 1. The molecule has 1 aromatic carbocycles. The van der Waals surface area contributed by atoms with E-state index in [1.807, 2.05) is 26.0 Å². The zero-order valence-corrected chi connectivity index (χ0v) is 11.0. The number of anilines is 1. The van der Waals surface area contributed by atoms with Crippen LogP contribution in [0.25, 0.3) is 0 Å². The summed E-state index contributed by atoms with van der Waals surface area (Å²) in [6, 6.07) is 7.17. The molecule has 0 radical (unpaired) electrons. The molecule has 3 nitrogen and oxygen atoms in total. The van der Waals surface area contributed by atoms with Gasteiger partial charge in [0.15, 0.2) is 0 Å². The van der Waals surface area contributed by atoms with Crippen LogP contribution in [0.5, 0.6) is 0 Å². The Balaban J connectivity index is 2.24. The fourth-order valence-corrected chi connectivity index (χ4v) is 1.89. The van der Waals surface area contributed by atoms with Gasteiger partial charge in [0, 0.05) is 23.1 Å². The van der Waals surface area contributed by atoms with Gasteiger partial charge in [-0.2, -0.15) is 0 Å². The van der Waals surface area contributed by atoms with Gasteiger partial charge in [-0.3, -0.25) is 9.78 Å². The van der Waals surface area contributed by atoms with Gasteiger partial charge in [-0.15, -0.1) is 0 Å². The lowest BCUT2D eigenvalue weighted by atomic mass is 10.1. The van der Waals surface area contributed by atoms with Gasteiger partial charge in [0.1, 0.15) is 0 Å². The van der Waals surface area contributed by atoms with E-state index in [0.717, 1.165) is 16.8 Å². The molecule has 0 atom stereocenters. The van der Waals surface area contributed by atoms with Crippen LogP contribution in [-0.2, 0) is 0 Å². The Morgan fingerprint density at radius 3 is 2.67 bits per heavy atom. The van der Waals surface area contributed by atoms with Crippen molar-refractivity contribution in [3.05, 3.63) is 58.4 Å². The van der Waals surface area contributed by atoms with E-state index in [2.05, 4.69) is 10.3 Å². The number of carbonyl (C=O) groups is 1. The van der Waals surface area contributed by atoms with Crippen molar-refractivity contribution in [3.8, 4) is 0 Å². The first kappa shape index (κ1) is 12.6. The second-order valence-corrected chi connectivity index (χ2v) is 4.54. The standard InChI is InChI=1S/C14H13ClN2O/c1-9-5-6-16-8-12(9)14(18)17-13-4-3-11(15)7-10(13)2/h3-8H,1-2H3,(H,17,18). The van der Waals surface area contributed by atoms with E-state index in [9.17, 15) is 4.79 Å². The SMILES string of the molecule is Cc1cc(Cl)ccc1NC(=O)c1cnccc1C. The summed E-state index contributed by atoms with van der Waals surface area (Å²) in [7, 11) is 0. The van der Waals surface area contributed by atoms with Gasteiger partial charge in [0.25, 0.3) is 5.91 Å². The number of nitrogens with one attached hydrogen (secondary N) is 1. The van der Waals surface area contributed by atoms with Crippen LogP contribution in [0.15, 0.2) is 36.7 Å². The van der Waals surface area contributed by atoms with E-state index in [-0.39, 0.29) is 5.91 Å². The monoisotopic (exact) mass is 260 g/mol. The van der Waals surface area contributed by atoms with E-state index < -0.39 is 0 Å². The summed E-state index contributed by atoms with van der Waals surface area (Å²) in [6.07, 6.45) is 3.23. The molecule has 2 rings (SSSR count). The minimum Gasteiger partial charge on any atom is -0.322 e. The maximum atomic E-state index is 12.1. The minimum atomic E-state index is -0.161. The van der Waals surface area contributed by atoms with Gasteiger partial charge in [0.05, 0.1) is 5.56 Å². The number of hydrogen-bond acceptors (Lipinski definition) is 2. The Hall–Kier alpha value is -1.87. The number of pyridine rings is 1. The maximum Gasteiger partial charge on any atom is 0.257 e. The lowest BCUT2D eigenvalue weighted by Gasteiger charge is -2.09. The molecule has 0 unspecified atom stereocenters. The normalized spacial score (nSPS) is 10.2. The second kappa shape index (κ2) is 5.19. The minimum absolute atomic E-state index is 0.161. The van der Waals surface area contributed by atoms with E-state index >= 15 is 0 Å². The summed E-state index contributed by atoms with van der Waals surface area (Å²) >= 11 is 5.87. The molecule has 0 aliphatic heterocycles. The smallest absolute Gasteiger partial charge is 0.257 e. The predicted molar refractivity (Wildman–Crippen MR) is 73.1 cm³/mol. The van der Waals surface area contributed by atoms with Gasteiger partial charge >= 0.3 is 0 Å². The van der Waals surface area contributed by atoms with Crippen molar-refractivity contribution < 1.29 is 4.79 Å². The van der Waals surface area contributed by atoms with E-state index in [4.69, 9.17) is 11.6 Å². The predicted octanol–water partition coefficient (Wildman–Crippen LogP) is 3.60. The van der Waals surface area contributed by atoms with Crippen molar-refractivity contribution >= 4 is 23.2 Å². The average molecular weight is 261 g/mol. The summed E-state index contributed by atoms with van der Waals surface area (Å²) in [6.45, 7) is 3.78. The summed E-state index contributed by atoms with van der Waals surface area (Å²) in [5.41, 5.74) is 3.16. The zero-order valence-electron chi connectivity index (χ0n) is 10.2. The summed E-state index contributed by atoms with van der Waals surface area (Å²) in [4.78, 5) is 16.1. The molecule has 1 heterocycles. The first-order valence-electron chi connectivity index (χ1n) is 5.56. The Morgan fingerprint density at radius 1 is 1.22 bits per heavy atom. The van der Waals surface area contributed by atoms with Crippen LogP contribution in [0.2, 0.25) is 5.02 Å². The molecule has 2 aromatic rings. The summed E-state index contributed by atoms with van der Waals surface area (Å²) < 4.78 is 0. The van der Waals surface area contributed by atoms with Crippen molar-refractivity contribution in [1.29, 1.82) is 0 Å². The number of benzene rings is 1. The molecule has 0 bridgehead atoms. The molecule has 0 aliphatic carbocycles. The summed E-state index contributed by atoms with van der Waals surface area (Å²) in [5, 5.41) is 3.51. The highest BCUT2D eigenvalue weighted by atomic mass is 35.5. The highest BCUT2D eigenvalue weighted by molar-refractivity contribution is 6.30. The van der Waals surface area contributed by atoms with Crippen LogP contribution >= 0.6 is 11.6 Å². The number of aryl methyl sites for hydroxylation is 2. The van der Waals surface area contributed by atoms with Crippen LogP contribution in [0, 0.1) is 13.8 Å². The highest BCUT2D eigenvalue weighted by Gasteiger charge is 2.10. The molecule has 4 heteroatoms. The largest absolute Gasteiger partial charge is 0.322 e. The third-order valence-corrected chi connectivity index (χ3v) is 2.96. The zero-order chi connectivity index (χ0) is 13.1. The number of nitrogens with zero attached hydrogens (tertiary/aromatic N) is 1. The Morgan fingerprint density at radius 2 is 2.00 bits per heavy atom. The maximum absolute atomic E-state index is 12.1. The van der Waals surface area contributed by atoms with Crippen molar-refractivity contribution in [2.45, 2.75) is 13.8 Å². The molecule has 0 saturated heterocycles. The van der Waals surface area contributed by atoms with Crippen LogP contribution < -0.4 is 5.32 Å². The quantitative estimate of drug-likeness (QED) is 0.896. The molecule has 0 fully saturated rings. The van der Waals surface area contributed by atoms with Crippen LogP contribution in [0.3, 0.4) is 0 Å². The van der Waals surface area contributed by atoms with Crippen molar-refractivity contribution in [3.63, 3.8) is 0 Å². The van der Waals surface area contributed by atoms with Gasteiger partial charge < -0.3 is 5.32 Å². The Labute approximate surface area is 111 Å². The third kappa shape index (κ3) is 2.68. The van der Waals surface area contributed by atoms with E-state index in [1.165, 1.54) is 0 Å². The summed E-state index contributed by atoms with van der Waals surface area (Å²) in [5.74, 6) is -0.161. The van der Waals surface area contributed by atoms with Crippen LogP contribution in [0.4, 0.5) is 5.69 Å². The average Bonchev–Trinajstić information content (AvgIpc) is 2.33. The molecular weight excluding hydrogens is 248 g/mol. The molecule has 1 aromatic heterocycles. The van der Waals surface area contributed by atoms with Crippen LogP contribution in [-0.4, -0.2) is 10.9 Å². The van der Waals surface area contributed by atoms with Gasteiger partial charge in [0.2, 0.25) is 0 Å². The van der Waals surface area contributed by atoms with E-state index in [1.54, 1.807) is 24.5 Å². The molecule has 1 amide bonds. The lowest BCUT2D eigenvalue weighted by Crippen LogP contribution is -2.14. The molecule has 1 N–H and O–H groups in total. The number of rotatable bonds is 2. The number of aromatic nitrogens is 1. The fourth-order valence-electron chi connectivity index (χ4n) is 1.66. The van der Waals surface area contributed by atoms with Crippen molar-refractivity contribution in [2.75, 3.05) is 5.32 Å². The first-order valence-corrected chi connectivity index (χ1v) is 5.94. The number of halogens is 1. The number of hydrogen-bond donors (Lipinski definition) is 1. The topological polar surface area (TPSA) is 42.0 Å². The van der Waals surface area contributed by atoms with Gasteiger partial charge in [-0.25, -0.2) is 0 Å². The van der Waals surface area contributed by atoms with E-state index in [0.29, 0.717) is 10.6 Å². The molecule has 0 saturated carbocycles. The second-order valence-electron chi connectivity index (χ2n) is 4.10. The molecule has 18 heavy (non-hydrogen) atoms. The first-order chi connectivity index (χ1) is 8.58. The molecule has 92 valence electrons.